The van der Waals surface area contributed by atoms with Crippen molar-refractivity contribution >= 4 is 11.9 Å². The number of carbonyl (C=O) groups excluding carboxylic acids is 1. The zero-order valence-electron chi connectivity index (χ0n) is 13.2. The molecular weight excluding hydrogens is 284 g/mol. The second-order valence-corrected chi connectivity index (χ2v) is 6.12. The number of amides is 1. The van der Waals surface area contributed by atoms with Gasteiger partial charge in [0, 0.05) is 31.5 Å². The van der Waals surface area contributed by atoms with Gasteiger partial charge >= 0.3 is 5.97 Å². The summed E-state index contributed by atoms with van der Waals surface area (Å²) in [6.07, 6.45) is 3.61. The summed E-state index contributed by atoms with van der Waals surface area (Å²) in [5.41, 5.74) is 0.810. The minimum absolute atomic E-state index is 0.137. The Morgan fingerprint density at radius 2 is 2.32 bits per heavy atom. The Kier molecular flexibility index (Phi) is 5.57. The molecule has 0 aliphatic carbocycles. The highest BCUT2D eigenvalue weighted by Crippen LogP contribution is 2.24. The first kappa shape index (κ1) is 16.5. The Labute approximate surface area is 130 Å². The number of carboxylic acids is 1. The van der Waals surface area contributed by atoms with Crippen LogP contribution in [0.4, 0.5) is 0 Å². The first-order valence-electron chi connectivity index (χ1n) is 7.99. The van der Waals surface area contributed by atoms with Crippen molar-refractivity contribution < 1.29 is 19.2 Å². The summed E-state index contributed by atoms with van der Waals surface area (Å²) in [5.74, 6) is -0.103. The van der Waals surface area contributed by atoms with Crippen LogP contribution in [0.2, 0.25) is 0 Å². The van der Waals surface area contributed by atoms with Gasteiger partial charge in [0.1, 0.15) is 0 Å². The van der Waals surface area contributed by atoms with Crippen LogP contribution in [0.25, 0.3) is 0 Å². The molecule has 1 amide bonds. The number of nitrogens with zero attached hydrogens (tertiary/aromatic N) is 2. The number of aromatic nitrogens is 1. The lowest BCUT2D eigenvalue weighted by Crippen LogP contribution is -2.39. The maximum atomic E-state index is 12.5. The van der Waals surface area contributed by atoms with Crippen LogP contribution in [0.1, 0.15) is 68.1 Å². The van der Waals surface area contributed by atoms with E-state index in [2.05, 4.69) is 19.0 Å². The van der Waals surface area contributed by atoms with E-state index < -0.39 is 5.97 Å². The first-order chi connectivity index (χ1) is 10.5. The van der Waals surface area contributed by atoms with Crippen molar-refractivity contribution in [2.45, 2.75) is 51.9 Å². The highest BCUT2D eigenvalue weighted by molar-refractivity contribution is 5.91. The fourth-order valence-electron chi connectivity index (χ4n) is 2.80. The molecule has 1 aliphatic rings. The largest absolute Gasteiger partial charge is 0.481 e. The molecule has 2 heterocycles. The summed E-state index contributed by atoms with van der Waals surface area (Å²) in [4.78, 5) is 24.9. The van der Waals surface area contributed by atoms with Gasteiger partial charge in [-0.15, -0.1) is 0 Å². The Balaban J connectivity index is 1.96. The lowest BCUT2D eigenvalue weighted by molar-refractivity contribution is -0.137. The van der Waals surface area contributed by atoms with Crippen molar-refractivity contribution in [3.8, 4) is 0 Å². The summed E-state index contributed by atoms with van der Waals surface area (Å²) in [6, 6.07) is 1.73. The SMILES string of the molecule is CC[C@H](C)c1cc(C(=O)N2CCC[C@@H](CCC(=O)O)C2)on1. The number of piperidine rings is 1. The molecule has 1 aliphatic heterocycles. The van der Waals surface area contributed by atoms with E-state index in [-0.39, 0.29) is 29.9 Å². The normalized spacial score (nSPS) is 19.9. The molecule has 1 aromatic rings. The van der Waals surface area contributed by atoms with Crippen molar-refractivity contribution in [1.82, 2.24) is 10.1 Å². The van der Waals surface area contributed by atoms with E-state index in [1.807, 2.05) is 0 Å². The second-order valence-electron chi connectivity index (χ2n) is 6.12. The molecule has 0 radical (unpaired) electrons. The molecule has 6 nitrogen and oxygen atoms in total. The maximum Gasteiger partial charge on any atom is 0.303 e. The highest BCUT2D eigenvalue weighted by atomic mass is 16.5. The summed E-state index contributed by atoms with van der Waals surface area (Å²) in [5, 5.41) is 12.8. The van der Waals surface area contributed by atoms with Crippen LogP contribution >= 0.6 is 0 Å². The fraction of sp³-hybridized carbons (Fsp3) is 0.688. The molecule has 1 N–H and O–H groups in total. The van der Waals surface area contributed by atoms with Crippen LogP contribution in [0.3, 0.4) is 0 Å². The van der Waals surface area contributed by atoms with Crippen LogP contribution in [-0.4, -0.2) is 40.1 Å². The number of aliphatic carboxylic acids is 1. The van der Waals surface area contributed by atoms with Gasteiger partial charge in [-0.1, -0.05) is 19.0 Å². The summed E-state index contributed by atoms with van der Waals surface area (Å²) < 4.78 is 5.20. The van der Waals surface area contributed by atoms with Crippen LogP contribution < -0.4 is 0 Å². The van der Waals surface area contributed by atoms with E-state index in [4.69, 9.17) is 9.63 Å². The molecule has 0 bridgehead atoms. The van der Waals surface area contributed by atoms with Gasteiger partial charge in [-0.25, -0.2) is 0 Å². The Morgan fingerprint density at radius 1 is 1.55 bits per heavy atom. The molecule has 122 valence electrons. The summed E-state index contributed by atoms with van der Waals surface area (Å²) in [7, 11) is 0. The van der Waals surface area contributed by atoms with Crippen molar-refractivity contribution in [1.29, 1.82) is 0 Å². The standard InChI is InChI=1S/C16H24N2O4/c1-3-11(2)13-9-14(22-17-13)16(21)18-8-4-5-12(10-18)6-7-15(19)20/h9,11-12H,3-8,10H2,1-2H3,(H,19,20)/t11-,12-/m0/s1. The second kappa shape index (κ2) is 7.42. The molecule has 0 spiro atoms. The zero-order valence-corrected chi connectivity index (χ0v) is 13.2. The van der Waals surface area contributed by atoms with E-state index >= 15 is 0 Å². The van der Waals surface area contributed by atoms with Crippen LogP contribution in [0, 0.1) is 5.92 Å². The van der Waals surface area contributed by atoms with Gasteiger partial charge in [0.2, 0.25) is 5.76 Å². The quantitative estimate of drug-likeness (QED) is 0.873. The van der Waals surface area contributed by atoms with E-state index in [0.29, 0.717) is 19.5 Å². The molecule has 1 saturated heterocycles. The van der Waals surface area contributed by atoms with E-state index in [1.165, 1.54) is 0 Å². The number of likely N-dealkylation sites (tertiary alicyclic amines) is 1. The van der Waals surface area contributed by atoms with Gasteiger partial charge in [-0.05, 0) is 31.6 Å². The molecule has 1 aromatic heterocycles. The Morgan fingerprint density at radius 3 is 3.00 bits per heavy atom. The minimum Gasteiger partial charge on any atom is -0.481 e. The van der Waals surface area contributed by atoms with Crippen LogP contribution in [0.15, 0.2) is 10.6 Å². The average molecular weight is 308 g/mol. The Hall–Kier alpha value is -1.85. The smallest absolute Gasteiger partial charge is 0.303 e. The summed E-state index contributed by atoms with van der Waals surface area (Å²) in [6.45, 7) is 5.42. The van der Waals surface area contributed by atoms with Gasteiger partial charge in [-0.2, -0.15) is 0 Å². The number of hydrogen-bond donors (Lipinski definition) is 1. The predicted molar refractivity (Wildman–Crippen MR) is 80.7 cm³/mol. The molecule has 2 atom stereocenters. The monoisotopic (exact) mass is 308 g/mol. The van der Waals surface area contributed by atoms with Gasteiger partial charge in [0.05, 0.1) is 5.69 Å². The van der Waals surface area contributed by atoms with E-state index in [0.717, 1.165) is 25.0 Å². The summed E-state index contributed by atoms with van der Waals surface area (Å²) >= 11 is 0. The van der Waals surface area contributed by atoms with Gasteiger partial charge in [0.15, 0.2) is 0 Å². The van der Waals surface area contributed by atoms with Crippen molar-refractivity contribution in [2.75, 3.05) is 13.1 Å². The number of rotatable bonds is 6. The van der Waals surface area contributed by atoms with Crippen LogP contribution in [0.5, 0.6) is 0 Å². The molecule has 0 aromatic carbocycles. The topological polar surface area (TPSA) is 83.6 Å². The average Bonchev–Trinajstić information content (AvgIpc) is 3.01. The fourth-order valence-corrected chi connectivity index (χ4v) is 2.80. The number of hydrogen-bond acceptors (Lipinski definition) is 4. The van der Waals surface area contributed by atoms with Gasteiger partial charge in [0.25, 0.3) is 5.91 Å². The van der Waals surface area contributed by atoms with Crippen molar-refractivity contribution in [2.24, 2.45) is 5.92 Å². The third-order valence-electron chi connectivity index (χ3n) is 4.43. The molecule has 6 heteroatoms. The van der Waals surface area contributed by atoms with Gasteiger partial charge < -0.3 is 14.5 Å². The number of carbonyl (C=O) groups is 2. The maximum absolute atomic E-state index is 12.5. The van der Waals surface area contributed by atoms with E-state index in [1.54, 1.807) is 11.0 Å². The lowest BCUT2D eigenvalue weighted by atomic mass is 9.93. The van der Waals surface area contributed by atoms with Crippen molar-refractivity contribution in [3.05, 3.63) is 17.5 Å². The van der Waals surface area contributed by atoms with Gasteiger partial charge in [-0.3, -0.25) is 9.59 Å². The number of carboxylic acid groups (broad SMARTS) is 1. The molecular formula is C16H24N2O4. The lowest BCUT2D eigenvalue weighted by Gasteiger charge is -2.31. The molecule has 0 saturated carbocycles. The van der Waals surface area contributed by atoms with E-state index in [9.17, 15) is 9.59 Å². The highest BCUT2D eigenvalue weighted by Gasteiger charge is 2.27. The van der Waals surface area contributed by atoms with Crippen LogP contribution in [-0.2, 0) is 4.79 Å². The molecule has 0 unspecified atom stereocenters. The zero-order chi connectivity index (χ0) is 16.1. The van der Waals surface area contributed by atoms with Crippen molar-refractivity contribution in [3.63, 3.8) is 0 Å². The molecule has 1 fully saturated rings. The Bertz CT molecular complexity index is 526. The minimum atomic E-state index is -0.781. The first-order valence-corrected chi connectivity index (χ1v) is 7.99. The predicted octanol–water partition coefficient (Wildman–Crippen LogP) is 2.91. The third kappa shape index (κ3) is 4.08. The molecule has 2 rings (SSSR count). The molecule has 22 heavy (non-hydrogen) atoms. The third-order valence-corrected chi connectivity index (χ3v) is 4.43.